The number of rotatable bonds is 7. The standard InChI is InChI=1S/C15H24N2O4S/c1-20-14-7-6-13(12-15(14)21-2)8-9-16-22(18,19)17-10-4-3-5-11-17/h6-7,12,16H,3-5,8-11H2,1-2H3. The average molecular weight is 328 g/mol. The molecule has 0 aliphatic carbocycles. The maximum Gasteiger partial charge on any atom is 0.279 e. The molecule has 2 rings (SSSR count). The molecule has 0 saturated carbocycles. The molecule has 1 saturated heterocycles. The molecule has 6 nitrogen and oxygen atoms in total. The fourth-order valence-corrected chi connectivity index (χ4v) is 3.84. The molecule has 0 amide bonds. The van der Waals surface area contributed by atoms with Crippen LogP contribution in [0.15, 0.2) is 18.2 Å². The van der Waals surface area contributed by atoms with Gasteiger partial charge in [0.2, 0.25) is 0 Å². The predicted octanol–water partition coefficient (Wildman–Crippen LogP) is 1.57. The Balaban J connectivity index is 1.90. The van der Waals surface area contributed by atoms with E-state index in [4.69, 9.17) is 9.47 Å². The van der Waals surface area contributed by atoms with Gasteiger partial charge in [0, 0.05) is 19.6 Å². The minimum atomic E-state index is -3.35. The summed E-state index contributed by atoms with van der Waals surface area (Å²) in [5.74, 6) is 1.32. The highest BCUT2D eigenvalue weighted by Gasteiger charge is 2.22. The Morgan fingerprint density at radius 1 is 1.09 bits per heavy atom. The van der Waals surface area contributed by atoms with E-state index < -0.39 is 10.2 Å². The molecule has 1 aromatic carbocycles. The highest BCUT2D eigenvalue weighted by molar-refractivity contribution is 7.87. The monoisotopic (exact) mass is 328 g/mol. The van der Waals surface area contributed by atoms with Gasteiger partial charge < -0.3 is 9.47 Å². The number of nitrogens with zero attached hydrogens (tertiary/aromatic N) is 1. The third-order valence-corrected chi connectivity index (χ3v) is 5.41. The molecule has 1 heterocycles. The molecule has 1 N–H and O–H groups in total. The van der Waals surface area contributed by atoms with Crippen LogP contribution in [0.3, 0.4) is 0 Å². The number of benzene rings is 1. The fourth-order valence-electron chi connectivity index (χ4n) is 2.56. The predicted molar refractivity (Wildman–Crippen MR) is 85.6 cm³/mol. The second-order valence-electron chi connectivity index (χ2n) is 5.30. The van der Waals surface area contributed by atoms with Crippen molar-refractivity contribution in [2.75, 3.05) is 33.9 Å². The Hall–Kier alpha value is -1.31. The van der Waals surface area contributed by atoms with Crippen LogP contribution in [0.2, 0.25) is 0 Å². The maximum absolute atomic E-state index is 12.2. The van der Waals surface area contributed by atoms with Gasteiger partial charge in [0.1, 0.15) is 0 Å². The van der Waals surface area contributed by atoms with Gasteiger partial charge in [0.15, 0.2) is 11.5 Å². The summed E-state index contributed by atoms with van der Waals surface area (Å²) in [5, 5.41) is 0. The van der Waals surface area contributed by atoms with Crippen molar-refractivity contribution in [2.24, 2.45) is 0 Å². The summed E-state index contributed by atoms with van der Waals surface area (Å²) >= 11 is 0. The molecule has 0 atom stereocenters. The van der Waals surface area contributed by atoms with E-state index in [1.807, 2.05) is 18.2 Å². The van der Waals surface area contributed by atoms with Gasteiger partial charge in [-0.1, -0.05) is 12.5 Å². The smallest absolute Gasteiger partial charge is 0.279 e. The van der Waals surface area contributed by atoms with Crippen molar-refractivity contribution in [3.8, 4) is 11.5 Å². The molecule has 0 aromatic heterocycles. The minimum absolute atomic E-state index is 0.369. The largest absolute Gasteiger partial charge is 0.493 e. The van der Waals surface area contributed by atoms with E-state index >= 15 is 0 Å². The second kappa shape index (κ2) is 7.80. The Morgan fingerprint density at radius 2 is 1.77 bits per heavy atom. The summed E-state index contributed by atoms with van der Waals surface area (Å²) in [6.45, 7) is 1.60. The number of hydrogen-bond acceptors (Lipinski definition) is 4. The fraction of sp³-hybridized carbons (Fsp3) is 0.600. The van der Waals surface area contributed by atoms with Crippen molar-refractivity contribution in [3.05, 3.63) is 23.8 Å². The van der Waals surface area contributed by atoms with Gasteiger partial charge in [-0.25, -0.2) is 4.72 Å². The van der Waals surface area contributed by atoms with Gasteiger partial charge in [-0.15, -0.1) is 0 Å². The number of hydrogen-bond donors (Lipinski definition) is 1. The number of piperidine rings is 1. The van der Waals surface area contributed by atoms with Crippen molar-refractivity contribution in [2.45, 2.75) is 25.7 Å². The Morgan fingerprint density at radius 3 is 2.41 bits per heavy atom. The summed E-state index contributed by atoms with van der Waals surface area (Å²) < 4.78 is 39.0. The van der Waals surface area contributed by atoms with Gasteiger partial charge in [-0.3, -0.25) is 0 Å². The van der Waals surface area contributed by atoms with E-state index in [1.54, 1.807) is 14.2 Å². The van der Waals surface area contributed by atoms with E-state index in [1.165, 1.54) is 4.31 Å². The van der Waals surface area contributed by atoms with Crippen LogP contribution in [-0.4, -0.2) is 46.6 Å². The molecule has 22 heavy (non-hydrogen) atoms. The zero-order valence-electron chi connectivity index (χ0n) is 13.2. The van der Waals surface area contributed by atoms with Gasteiger partial charge in [0.25, 0.3) is 10.2 Å². The lowest BCUT2D eigenvalue weighted by Gasteiger charge is -2.25. The summed E-state index contributed by atoms with van der Waals surface area (Å²) in [7, 11) is -0.183. The summed E-state index contributed by atoms with van der Waals surface area (Å²) in [4.78, 5) is 0. The molecular formula is C15H24N2O4S. The minimum Gasteiger partial charge on any atom is -0.493 e. The van der Waals surface area contributed by atoms with Crippen LogP contribution in [-0.2, 0) is 16.6 Å². The first-order valence-electron chi connectivity index (χ1n) is 7.52. The van der Waals surface area contributed by atoms with E-state index in [0.717, 1.165) is 24.8 Å². The van der Waals surface area contributed by atoms with Crippen LogP contribution in [0.25, 0.3) is 0 Å². The molecule has 0 bridgehead atoms. The molecule has 0 radical (unpaired) electrons. The van der Waals surface area contributed by atoms with Crippen LogP contribution in [0.5, 0.6) is 11.5 Å². The SMILES string of the molecule is COc1ccc(CCNS(=O)(=O)N2CCCCC2)cc1OC. The molecule has 1 fully saturated rings. The van der Waals surface area contributed by atoms with E-state index in [2.05, 4.69) is 4.72 Å². The zero-order valence-corrected chi connectivity index (χ0v) is 14.0. The summed E-state index contributed by atoms with van der Waals surface area (Å²) in [6, 6.07) is 5.61. The Kier molecular flexibility index (Phi) is 6.05. The first-order chi connectivity index (χ1) is 10.6. The Labute approximate surface area is 132 Å². The number of methoxy groups -OCH3 is 2. The first-order valence-corrected chi connectivity index (χ1v) is 8.96. The quantitative estimate of drug-likeness (QED) is 0.825. The first kappa shape index (κ1) is 17.1. The van der Waals surface area contributed by atoms with Crippen LogP contribution < -0.4 is 14.2 Å². The number of nitrogens with one attached hydrogen (secondary N) is 1. The van der Waals surface area contributed by atoms with Crippen molar-refractivity contribution < 1.29 is 17.9 Å². The third kappa shape index (κ3) is 4.34. The van der Waals surface area contributed by atoms with E-state index in [-0.39, 0.29) is 0 Å². The average Bonchev–Trinajstić information content (AvgIpc) is 2.55. The van der Waals surface area contributed by atoms with E-state index in [9.17, 15) is 8.42 Å². The van der Waals surface area contributed by atoms with Crippen LogP contribution in [0, 0.1) is 0 Å². The lowest BCUT2D eigenvalue weighted by Crippen LogP contribution is -2.43. The van der Waals surface area contributed by atoms with Crippen LogP contribution >= 0.6 is 0 Å². The normalized spacial score (nSPS) is 16.5. The summed E-state index contributed by atoms with van der Waals surface area (Å²) in [5.41, 5.74) is 0.999. The van der Waals surface area contributed by atoms with Crippen molar-refractivity contribution in [1.29, 1.82) is 0 Å². The van der Waals surface area contributed by atoms with Crippen molar-refractivity contribution in [3.63, 3.8) is 0 Å². The summed E-state index contributed by atoms with van der Waals surface area (Å²) in [6.07, 6.45) is 3.60. The topological polar surface area (TPSA) is 67.9 Å². The number of ether oxygens (including phenoxy) is 2. The van der Waals surface area contributed by atoms with Gasteiger partial charge in [-0.05, 0) is 37.0 Å². The Bertz CT molecular complexity index is 583. The van der Waals surface area contributed by atoms with Crippen LogP contribution in [0.1, 0.15) is 24.8 Å². The molecule has 0 spiro atoms. The molecule has 0 unspecified atom stereocenters. The van der Waals surface area contributed by atoms with Crippen molar-refractivity contribution >= 4 is 10.2 Å². The zero-order chi connectivity index (χ0) is 16.0. The van der Waals surface area contributed by atoms with Gasteiger partial charge >= 0.3 is 0 Å². The third-order valence-electron chi connectivity index (χ3n) is 3.80. The maximum atomic E-state index is 12.2. The van der Waals surface area contributed by atoms with Gasteiger partial charge in [0.05, 0.1) is 14.2 Å². The highest BCUT2D eigenvalue weighted by atomic mass is 32.2. The molecule has 124 valence electrons. The molecule has 7 heteroatoms. The highest BCUT2D eigenvalue weighted by Crippen LogP contribution is 2.27. The van der Waals surface area contributed by atoms with E-state index in [0.29, 0.717) is 37.6 Å². The second-order valence-corrected chi connectivity index (χ2v) is 7.05. The molecule has 1 aliphatic rings. The molecule has 1 aliphatic heterocycles. The van der Waals surface area contributed by atoms with Crippen molar-refractivity contribution in [1.82, 2.24) is 9.03 Å². The lowest BCUT2D eigenvalue weighted by molar-refractivity contribution is 0.342. The van der Waals surface area contributed by atoms with Gasteiger partial charge in [-0.2, -0.15) is 12.7 Å². The molecular weight excluding hydrogens is 304 g/mol. The molecule has 1 aromatic rings. The lowest BCUT2D eigenvalue weighted by atomic mass is 10.1. The van der Waals surface area contributed by atoms with Crippen LogP contribution in [0.4, 0.5) is 0 Å².